The van der Waals surface area contributed by atoms with Gasteiger partial charge in [0.15, 0.2) is 11.2 Å². The predicted octanol–water partition coefficient (Wildman–Crippen LogP) is 4.99. The summed E-state index contributed by atoms with van der Waals surface area (Å²) in [5.41, 5.74) is 1.38. The number of rotatable bonds is 7. The van der Waals surface area contributed by atoms with Crippen LogP contribution < -0.4 is 5.43 Å². The molecular weight excluding hydrogens is 400 g/mol. The summed E-state index contributed by atoms with van der Waals surface area (Å²) in [5, 5.41) is 0.283. The Hall–Kier alpha value is -2.86. The second kappa shape index (κ2) is 9.52. The van der Waals surface area contributed by atoms with Gasteiger partial charge in [0.1, 0.15) is 17.2 Å². The zero-order valence-electron chi connectivity index (χ0n) is 17.3. The van der Waals surface area contributed by atoms with Crippen molar-refractivity contribution in [3.63, 3.8) is 0 Å². The van der Waals surface area contributed by atoms with E-state index in [0.29, 0.717) is 23.1 Å². The average molecular weight is 425 g/mol. The molecule has 0 atom stereocenters. The number of carbonyl (C=O) groups excluding carboxylic acids is 1. The lowest BCUT2D eigenvalue weighted by Gasteiger charge is -2.31. The molecule has 1 aliphatic rings. The summed E-state index contributed by atoms with van der Waals surface area (Å²) < 4.78 is 32.0. The number of carbonyl (C=O) groups is 1. The lowest BCUT2D eigenvalue weighted by molar-refractivity contribution is 0.0839. The van der Waals surface area contributed by atoms with Crippen LogP contribution in [-0.2, 0) is 6.42 Å². The zero-order chi connectivity index (χ0) is 21.8. The Morgan fingerprint density at radius 2 is 1.71 bits per heavy atom. The number of likely N-dealkylation sites (tertiary alicyclic amines) is 1. The summed E-state index contributed by atoms with van der Waals surface area (Å²) in [6.07, 6.45) is 5.44. The molecule has 1 aromatic heterocycles. The molecule has 31 heavy (non-hydrogen) atoms. The molecule has 1 saturated heterocycles. The van der Waals surface area contributed by atoms with Crippen molar-refractivity contribution in [3.05, 3.63) is 81.7 Å². The zero-order valence-corrected chi connectivity index (χ0v) is 17.3. The number of hydrogen-bond donors (Lipinski definition) is 0. The molecule has 0 amide bonds. The van der Waals surface area contributed by atoms with Crippen molar-refractivity contribution in [3.8, 4) is 0 Å². The summed E-state index contributed by atoms with van der Waals surface area (Å²) in [6.45, 7) is 2.62. The third-order valence-electron chi connectivity index (χ3n) is 6.06. The molecule has 2 aromatic carbocycles. The highest BCUT2D eigenvalue weighted by Gasteiger charge is 2.25. The quantitative estimate of drug-likeness (QED) is 0.395. The van der Waals surface area contributed by atoms with Crippen LogP contribution in [-0.4, -0.2) is 30.3 Å². The van der Waals surface area contributed by atoms with Crippen molar-refractivity contribution in [1.29, 1.82) is 0 Å². The molecule has 0 unspecified atom stereocenters. The average Bonchev–Trinajstić information content (AvgIpc) is 2.79. The molecule has 0 spiro atoms. The summed E-state index contributed by atoms with van der Waals surface area (Å²) in [7, 11) is 0. The molecule has 0 bridgehead atoms. The summed E-state index contributed by atoms with van der Waals surface area (Å²) in [6, 6.07) is 9.75. The van der Waals surface area contributed by atoms with Crippen molar-refractivity contribution in [2.45, 2.75) is 32.1 Å². The van der Waals surface area contributed by atoms with Gasteiger partial charge in [-0.3, -0.25) is 9.59 Å². The first-order chi connectivity index (χ1) is 15.0. The standard InChI is InChI=1S/C25H25F2NO3/c26-20-6-4-17(5-7-20)24(29)18-10-13-28(14-11-18)12-2-1-3-19-16-31-23-9-8-21(27)15-22(23)25(19)30/h4-9,15-16,18H,1-3,10-14H2. The van der Waals surface area contributed by atoms with Crippen LogP contribution in [0.25, 0.3) is 11.0 Å². The highest BCUT2D eigenvalue weighted by molar-refractivity contribution is 5.97. The Labute approximate surface area is 179 Å². The molecular formula is C25H25F2NO3. The first-order valence-corrected chi connectivity index (χ1v) is 10.7. The molecule has 0 radical (unpaired) electrons. The second-order valence-electron chi connectivity index (χ2n) is 8.17. The van der Waals surface area contributed by atoms with Crippen molar-refractivity contribution in [2.24, 2.45) is 5.92 Å². The number of fused-ring (bicyclic) bond motifs is 1. The highest BCUT2D eigenvalue weighted by Crippen LogP contribution is 2.22. The van der Waals surface area contributed by atoms with Crippen LogP contribution in [0.5, 0.6) is 0 Å². The van der Waals surface area contributed by atoms with Gasteiger partial charge >= 0.3 is 0 Å². The molecule has 1 aliphatic heterocycles. The minimum Gasteiger partial charge on any atom is -0.464 e. The maximum absolute atomic E-state index is 13.4. The van der Waals surface area contributed by atoms with Crippen LogP contribution in [0.1, 0.15) is 41.6 Å². The second-order valence-corrected chi connectivity index (χ2v) is 8.17. The summed E-state index contributed by atoms with van der Waals surface area (Å²) in [4.78, 5) is 27.4. The van der Waals surface area contributed by atoms with E-state index in [-0.39, 0.29) is 28.3 Å². The van der Waals surface area contributed by atoms with Crippen molar-refractivity contribution < 1.29 is 18.0 Å². The highest BCUT2D eigenvalue weighted by atomic mass is 19.1. The van der Waals surface area contributed by atoms with Gasteiger partial charge < -0.3 is 9.32 Å². The smallest absolute Gasteiger partial charge is 0.195 e. The number of unbranched alkanes of at least 4 members (excludes halogenated alkanes) is 1. The fourth-order valence-corrected chi connectivity index (χ4v) is 4.24. The molecule has 4 rings (SSSR count). The monoisotopic (exact) mass is 425 g/mol. The van der Waals surface area contributed by atoms with E-state index in [0.717, 1.165) is 45.3 Å². The van der Waals surface area contributed by atoms with E-state index in [1.165, 1.54) is 36.6 Å². The van der Waals surface area contributed by atoms with Gasteiger partial charge in [-0.25, -0.2) is 8.78 Å². The van der Waals surface area contributed by atoms with Gasteiger partial charge in [-0.1, -0.05) is 0 Å². The predicted molar refractivity (Wildman–Crippen MR) is 115 cm³/mol. The number of aryl methyl sites for hydroxylation is 1. The topological polar surface area (TPSA) is 50.5 Å². The Kier molecular flexibility index (Phi) is 6.56. The van der Waals surface area contributed by atoms with Crippen LogP contribution in [0.3, 0.4) is 0 Å². The number of ketones is 1. The Morgan fingerprint density at radius 1 is 1.00 bits per heavy atom. The molecule has 0 saturated carbocycles. The summed E-state index contributed by atoms with van der Waals surface area (Å²) >= 11 is 0. The minimum atomic E-state index is -0.446. The van der Waals surface area contributed by atoms with Crippen LogP contribution in [0, 0.1) is 17.6 Å². The Morgan fingerprint density at radius 3 is 2.45 bits per heavy atom. The maximum Gasteiger partial charge on any atom is 0.195 e. The van der Waals surface area contributed by atoms with Gasteiger partial charge in [0.2, 0.25) is 0 Å². The first-order valence-electron chi connectivity index (χ1n) is 10.7. The van der Waals surface area contributed by atoms with Crippen LogP contribution in [0.4, 0.5) is 8.78 Å². The third-order valence-corrected chi connectivity index (χ3v) is 6.06. The van der Waals surface area contributed by atoms with Gasteiger partial charge in [-0.2, -0.15) is 0 Å². The van der Waals surface area contributed by atoms with E-state index in [9.17, 15) is 18.4 Å². The normalized spacial score (nSPS) is 15.4. The minimum absolute atomic E-state index is 0.00987. The lowest BCUT2D eigenvalue weighted by Crippen LogP contribution is -2.37. The molecule has 0 aliphatic carbocycles. The number of Topliss-reactive ketones (excluding diaryl/α,β-unsaturated/α-hetero) is 1. The molecule has 3 aromatic rings. The van der Waals surface area contributed by atoms with Gasteiger partial charge in [-0.15, -0.1) is 0 Å². The number of halogens is 2. The van der Waals surface area contributed by atoms with Crippen LogP contribution in [0.2, 0.25) is 0 Å². The molecule has 162 valence electrons. The molecule has 2 heterocycles. The van der Waals surface area contributed by atoms with Crippen molar-refractivity contribution in [1.82, 2.24) is 4.90 Å². The van der Waals surface area contributed by atoms with E-state index in [2.05, 4.69) is 4.90 Å². The first kappa shape index (κ1) is 21.4. The van der Waals surface area contributed by atoms with Crippen LogP contribution in [0.15, 0.2) is 57.9 Å². The third kappa shape index (κ3) is 5.07. The number of piperidine rings is 1. The molecule has 1 fully saturated rings. The summed E-state index contributed by atoms with van der Waals surface area (Å²) in [5.74, 6) is -0.693. The molecule has 4 nitrogen and oxygen atoms in total. The van der Waals surface area contributed by atoms with Crippen molar-refractivity contribution >= 4 is 16.8 Å². The van der Waals surface area contributed by atoms with Gasteiger partial charge in [-0.05, 0) is 94.2 Å². The van der Waals surface area contributed by atoms with E-state index >= 15 is 0 Å². The number of nitrogens with zero attached hydrogens (tertiary/aromatic N) is 1. The maximum atomic E-state index is 13.4. The van der Waals surface area contributed by atoms with E-state index < -0.39 is 5.82 Å². The fraction of sp³-hybridized carbons (Fsp3) is 0.360. The van der Waals surface area contributed by atoms with Gasteiger partial charge in [0.05, 0.1) is 11.6 Å². The number of hydrogen-bond acceptors (Lipinski definition) is 4. The lowest BCUT2D eigenvalue weighted by atomic mass is 9.89. The van der Waals surface area contributed by atoms with Gasteiger partial charge in [0.25, 0.3) is 0 Å². The largest absolute Gasteiger partial charge is 0.464 e. The van der Waals surface area contributed by atoms with Gasteiger partial charge in [0, 0.05) is 17.0 Å². The van der Waals surface area contributed by atoms with E-state index in [1.807, 2.05) is 0 Å². The van der Waals surface area contributed by atoms with E-state index in [4.69, 9.17) is 4.42 Å². The molecule has 6 heteroatoms. The fourth-order valence-electron chi connectivity index (χ4n) is 4.24. The SMILES string of the molecule is O=C(c1ccc(F)cc1)C1CCN(CCCCc2coc3ccc(F)cc3c2=O)CC1. The van der Waals surface area contributed by atoms with E-state index in [1.54, 1.807) is 12.1 Å². The van der Waals surface area contributed by atoms with Crippen LogP contribution >= 0.6 is 0 Å². The number of benzene rings is 2. The van der Waals surface area contributed by atoms with Crippen molar-refractivity contribution in [2.75, 3.05) is 19.6 Å². The Balaban J connectivity index is 1.23. The Bertz CT molecular complexity index is 1120. The molecule has 0 N–H and O–H groups in total.